The summed E-state index contributed by atoms with van der Waals surface area (Å²) >= 11 is 8.51. The minimum Gasteiger partial charge on any atom is -0.392 e. The van der Waals surface area contributed by atoms with E-state index in [0.717, 1.165) is 21.3 Å². The summed E-state index contributed by atoms with van der Waals surface area (Å²) in [5, 5.41) is 2.90. The van der Waals surface area contributed by atoms with Crippen molar-refractivity contribution in [2.24, 2.45) is 11.1 Å². The third kappa shape index (κ3) is 3.34. The Labute approximate surface area is 128 Å². The molecule has 1 rings (SSSR count). The van der Waals surface area contributed by atoms with Crippen LogP contribution in [0, 0.1) is 19.3 Å². The lowest BCUT2D eigenvalue weighted by molar-refractivity contribution is -0.121. The first-order chi connectivity index (χ1) is 8.72. The zero-order valence-corrected chi connectivity index (χ0v) is 14.0. The number of hydrogen-bond donors (Lipinski definition) is 2. The van der Waals surface area contributed by atoms with E-state index in [-0.39, 0.29) is 10.9 Å². The van der Waals surface area contributed by atoms with E-state index in [4.69, 9.17) is 18.0 Å². The van der Waals surface area contributed by atoms with Crippen LogP contribution in [0.4, 0.5) is 5.69 Å². The van der Waals surface area contributed by atoms with Crippen molar-refractivity contribution in [3.8, 4) is 0 Å². The summed E-state index contributed by atoms with van der Waals surface area (Å²) in [6.07, 6.45) is 0.572. The van der Waals surface area contributed by atoms with E-state index < -0.39 is 5.41 Å². The summed E-state index contributed by atoms with van der Waals surface area (Å²) in [4.78, 5) is 12.5. The number of halogens is 1. The Morgan fingerprint density at radius 3 is 2.26 bits per heavy atom. The number of rotatable bonds is 4. The van der Waals surface area contributed by atoms with Crippen LogP contribution >= 0.6 is 28.1 Å². The Morgan fingerprint density at radius 1 is 1.42 bits per heavy atom. The number of benzene rings is 1. The monoisotopic (exact) mass is 342 g/mol. The predicted molar refractivity (Wildman–Crippen MR) is 87.4 cm³/mol. The van der Waals surface area contributed by atoms with Gasteiger partial charge < -0.3 is 11.1 Å². The number of carbonyl (C=O) groups excluding carboxylic acids is 1. The number of nitrogens with one attached hydrogen (secondary N) is 1. The van der Waals surface area contributed by atoms with E-state index in [0.29, 0.717) is 6.42 Å². The maximum absolute atomic E-state index is 12.3. The normalized spacial score (nSPS) is 13.7. The number of thiocarbonyl (C=S) groups is 1. The van der Waals surface area contributed by atoms with Crippen molar-refractivity contribution in [3.05, 3.63) is 27.7 Å². The first kappa shape index (κ1) is 16.1. The Bertz CT molecular complexity index is 507. The summed E-state index contributed by atoms with van der Waals surface area (Å²) in [5.74, 6) is -0.163. The molecule has 1 aromatic rings. The lowest BCUT2D eigenvalue weighted by Gasteiger charge is -2.25. The molecule has 5 heteroatoms. The summed E-state index contributed by atoms with van der Waals surface area (Å²) in [5.41, 5.74) is 7.78. The van der Waals surface area contributed by atoms with Crippen LogP contribution in [0.2, 0.25) is 0 Å². The zero-order chi connectivity index (χ0) is 14.8. The Hall–Kier alpha value is -0.940. The van der Waals surface area contributed by atoms with Crippen LogP contribution in [0.5, 0.6) is 0 Å². The van der Waals surface area contributed by atoms with Crippen molar-refractivity contribution in [2.45, 2.75) is 34.1 Å². The molecule has 1 atom stereocenters. The van der Waals surface area contributed by atoms with Crippen molar-refractivity contribution in [2.75, 3.05) is 5.32 Å². The van der Waals surface area contributed by atoms with Gasteiger partial charge in [0.25, 0.3) is 0 Å². The maximum Gasteiger partial charge on any atom is 0.237 e. The molecule has 0 saturated heterocycles. The van der Waals surface area contributed by atoms with Crippen LogP contribution in [-0.2, 0) is 4.79 Å². The molecule has 0 saturated carbocycles. The van der Waals surface area contributed by atoms with E-state index in [9.17, 15) is 4.79 Å². The molecule has 19 heavy (non-hydrogen) atoms. The average molecular weight is 343 g/mol. The van der Waals surface area contributed by atoms with Gasteiger partial charge in [-0.25, -0.2) is 0 Å². The fourth-order valence-electron chi connectivity index (χ4n) is 1.73. The quantitative estimate of drug-likeness (QED) is 0.820. The number of amides is 1. The molecular weight excluding hydrogens is 324 g/mol. The van der Waals surface area contributed by atoms with Crippen molar-refractivity contribution in [1.29, 1.82) is 0 Å². The van der Waals surface area contributed by atoms with Gasteiger partial charge >= 0.3 is 0 Å². The summed E-state index contributed by atoms with van der Waals surface area (Å²) in [7, 11) is 0. The Kier molecular flexibility index (Phi) is 5.10. The Morgan fingerprint density at radius 2 is 1.89 bits per heavy atom. The second kappa shape index (κ2) is 6.01. The highest BCUT2D eigenvalue weighted by Crippen LogP contribution is 2.28. The van der Waals surface area contributed by atoms with E-state index in [1.165, 1.54) is 0 Å². The zero-order valence-electron chi connectivity index (χ0n) is 11.6. The molecule has 0 bridgehead atoms. The third-order valence-electron chi connectivity index (χ3n) is 3.45. The molecule has 104 valence electrons. The molecule has 0 heterocycles. The van der Waals surface area contributed by atoms with Crippen LogP contribution in [-0.4, -0.2) is 10.9 Å². The topological polar surface area (TPSA) is 55.1 Å². The highest BCUT2D eigenvalue weighted by molar-refractivity contribution is 9.10. The molecule has 0 spiro atoms. The number of anilines is 1. The molecule has 1 amide bonds. The predicted octanol–water partition coefficient (Wildman–Crippen LogP) is 3.71. The standard InChI is InChI=1S/C14H19BrN2OS/c1-5-14(4,12(16)19)13(18)17-10-6-8(2)11(15)9(3)7-10/h6-7H,5H2,1-4H3,(H2,16,19)(H,17,18). The second-order valence-electron chi connectivity index (χ2n) is 4.93. The van der Waals surface area contributed by atoms with Gasteiger partial charge in [0.05, 0.1) is 10.4 Å². The average Bonchev–Trinajstić information content (AvgIpc) is 2.34. The molecular formula is C14H19BrN2OS. The number of hydrogen-bond acceptors (Lipinski definition) is 2. The van der Waals surface area contributed by atoms with Crippen molar-refractivity contribution in [3.63, 3.8) is 0 Å². The minimum atomic E-state index is -0.815. The molecule has 0 aliphatic heterocycles. The van der Waals surface area contributed by atoms with Crippen molar-refractivity contribution >= 4 is 44.7 Å². The van der Waals surface area contributed by atoms with Crippen LogP contribution < -0.4 is 11.1 Å². The molecule has 3 N–H and O–H groups in total. The number of carbonyl (C=O) groups is 1. The van der Waals surface area contributed by atoms with Crippen LogP contribution in [0.15, 0.2) is 16.6 Å². The van der Waals surface area contributed by atoms with Gasteiger partial charge in [0.2, 0.25) is 5.91 Å². The fraction of sp³-hybridized carbons (Fsp3) is 0.429. The highest BCUT2D eigenvalue weighted by atomic mass is 79.9. The Balaban J connectivity index is 3.03. The van der Waals surface area contributed by atoms with E-state index in [2.05, 4.69) is 21.2 Å². The van der Waals surface area contributed by atoms with E-state index >= 15 is 0 Å². The van der Waals surface area contributed by atoms with Crippen LogP contribution in [0.1, 0.15) is 31.4 Å². The third-order valence-corrected chi connectivity index (χ3v) is 5.15. The largest absolute Gasteiger partial charge is 0.392 e. The van der Waals surface area contributed by atoms with Gasteiger partial charge in [-0.3, -0.25) is 4.79 Å². The van der Waals surface area contributed by atoms with Gasteiger partial charge in [0.1, 0.15) is 0 Å². The molecule has 0 aromatic heterocycles. The first-order valence-electron chi connectivity index (χ1n) is 6.10. The van der Waals surface area contributed by atoms with E-state index in [1.807, 2.05) is 32.9 Å². The van der Waals surface area contributed by atoms with Gasteiger partial charge in [-0.05, 0) is 50.5 Å². The summed E-state index contributed by atoms with van der Waals surface area (Å²) in [6, 6.07) is 3.84. The number of nitrogens with two attached hydrogens (primary N) is 1. The van der Waals surface area contributed by atoms with Gasteiger partial charge in [-0.15, -0.1) is 0 Å². The van der Waals surface area contributed by atoms with Gasteiger partial charge in [0.15, 0.2) is 0 Å². The lowest BCUT2D eigenvalue weighted by atomic mass is 9.86. The van der Waals surface area contributed by atoms with Gasteiger partial charge in [-0.2, -0.15) is 0 Å². The summed E-state index contributed by atoms with van der Waals surface area (Å²) < 4.78 is 1.05. The van der Waals surface area contributed by atoms with Crippen molar-refractivity contribution < 1.29 is 4.79 Å². The van der Waals surface area contributed by atoms with Crippen LogP contribution in [0.3, 0.4) is 0 Å². The van der Waals surface area contributed by atoms with Crippen molar-refractivity contribution in [1.82, 2.24) is 0 Å². The maximum atomic E-state index is 12.3. The molecule has 3 nitrogen and oxygen atoms in total. The molecule has 0 aliphatic carbocycles. The SMILES string of the molecule is CCC(C)(C(=O)Nc1cc(C)c(Br)c(C)c1)C(N)=S. The smallest absolute Gasteiger partial charge is 0.237 e. The highest BCUT2D eigenvalue weighted by Gasteiger charge is 2.34. The van der Waals surface area contributed by atoms with Gasteiger partial charge in [0, 0.05) is 10.2 Å². The molecule has 0 radical (unpaired) electrons. The van der Waals surface area contributed by atoms with Gasteiger partial charge in [-0.1, -0.05) is 35.1 Å². The lowest BCUT2D eigenvalue weighted by Crippen LogP contribution is -2.43. The van der Waals surface area contributed by atoms with Crippen LogP contribution in [0.25, 0.3) is 0 Å². The van der Waals surface area contributed by atoms with E-state index in [1.54, 1.807) is 6.92 Å². The first-order valence-corrected chi connectivity index (χ1v) is 7.30. The second-order valence-corrected chi connectivity index (χ2v) is 6.16. The summed E-state index contributed by atoms with van der Waals surface area (Å²) in [6.45, 7) is 7.64. The fourth-order valence-corrected chi connectivity index (χ4v) is 2.20. The molecule has 0 aliphatic rings. The molecule has 1 unspecified atom stereocenters. The number of aryl methyl sites for hydroxylation is 2. The molecule has 1 aromatic carbocycles. The minimum absolute atomic E-state index is 0.163. The molecule has 0 fully saturated rings.